The van der Waals surface area contributed by atoms with Crippen molar-refractivity contribution in [1.82, 2.24) is 0 Å². The fourth-order valence-corrected chi connectivity index (χ4v) is 5.89. The number of rotatable bonds is 3. The first kappa shape index (κ1) is 19.6. The molecule has 0 spiro atoms. The van der Waals surface area contributed by atoms with Crippen LogP contribution >= 0.6 is 0 Å². The van der Waals surface area contributed by atoms with E-state index in [9.17, 15) is 9.90 Å². The number of hydrogen-bond donors (Lipinski definition) is 1. The molecule has 3 aliphatic carbocycles. The van der Waals surface area contributed by atoms with E-state index < -0.39 is 5.97 Å². The van der Waals surface area contributed by atoms with Gasteiger partial charge < -0.3 is 5.11 Å². The van der Waals surface area contributed by atoms with Crippen LogP contribution in [0.3, 0.4) is 0 Å². The van der Waals surface area contributed by atoms with Gasteiger partial charge in [-0.05, 0) is 94.7 Å². The fourth-order valence-electron chi connectivity index (χ4n) is 5.89. The summed E-state index contributed by atoms with van der Waals surface area (Å²) in [5.74, 6) is 0.748. The first-order chi connectivity index (χ1) is 14.2. The van der Waals surface area contributed by atoms with Gasteiger partial charge in [0.2, 0.25) is 0 Å². The number of aromatic carboxylic acids is 1. The molecule has 5 rings (SSSR count). The van der Waals surface area contributed by atoms with Crippen molar-refractivity contribution in [3.05, 3.63) is 75.9 Å². The van der Waals surface area contributed by atoms with E-state index >= 15 is 0 Å². The maximum Gasteiger partial charge on any atom is 0.335 e. The topological polar surface area (TPSA) is 37.3 Å². The molecule has 2 heteroatoms. The summed E-state index contributed by atoms with van der Waals surface area (Å²) in [5, 5.41) is 9.32. The van der Waals surface area contributed by atoms with Crippen LogP contribution in [0, 0.1) is 11.8 Å². The molecule has 2 saturated carbocycles. The Hall–Kier alpha value is -2.35. The van der Waals surface area contributed by atoms with Crippen LogP contribution in [0.1, 0.15) is 92.4 Å². The predicted molar refractivity (Wildman–Crippen MR) is 122 cm³/mol. The van der Waals surface area contributed by atoms with E-state index in [2.05, 4.69) is 45.9 Å². The second kappa shape index (κ2) is 6.57. The zero-order chi connectivity index (χ0) is 21.3. The molecule has 2 unspecified atom stereocenters. The summed E-state index contributed by atoms with van der Waals surface area (Å²) in [7, 11) is 0. The van der Waals surface area contributed by atoms with Crippen LogP contribution in [-0.2, 0) is 10.8 Å². The van der Waals surface area contributed by atoms with Gasteiger partial charge in [0, 0.05) is 0 Å². The highest BCUT2D eigenvalue weighted by Crippen LogP contribution is 2.58. The standard InChI is InChI=1S/C28H32O2/c1-27(2)13-14-28(3,4)24-16-20(10-12-23(24)27)25(21-11-9-19-15-22(19)21)17-5-7-18(8-6-17)26(29)30/h5-8,10,12,16,19,22H,9,11,13-15H2,1-4H3,(H,29,30). The zero-order valence-corrected chi connectivity index (χ0v) is 18.6. The summed E-state index contributed by atoms with van der Waals surface area (Å²) in [6.07, 6.45) is 6.24. The number of benzene rings is 2. The second-order valence-corrected chi connectivity index (χ2v) is 11.0. The van der Waals surface area contributed by atoms with E-state index in [1.807, 2.05) is 12.1 Å². The molecule has 2 fully saturated rings. The number of carboxylic acid groups (broad SMARTS) is 1. The van der Waals surface area contributed by atoms with E-state index in [-0.39, 0.29) is 10.8 Å². The maximum absolute atomic E-state index is 11.3. The molecule has 3 aliphatic rings. The van der Waals surface area contributed by atoms with Crippen LogP contribution in [0.4, 0.5) is 0 Å². The highest BCUT2D eigenvalue weighted by molar-refractivity contribution is 5.89. The summed E-state index contributed by atoms with van der Waals surface area (Å²) in [6.45, 7) is 9.50. The predicted octanol–water partition coefficient (Wildman–Crippen LogP) is 6.97. The van der Waals surface area contributed by atoms with Gasteiger partial charge in [-0.2, -0.15) is 0 Å². The van der Waals surface area contributed by atoms with Crippen molar-refractivity contribution in [1.29, 1.82) is 0 Å². The summed E-state index contributed by atoms with van der Waals surface area (Å²) in [4.78, 5) is 11.3. The summed E-state index contributed by atoms with van der Waals surface area (Å²) < 4.78 is 0. The second-order valence-electron chi connectivity index (χ2n) is 11.0. The van der Waals surface area contributed by atoms with Crippen molar-refractivity contribution in [2.24, 2.45) is 11.8 Å². The van der Waals surface area contributed by atoms with Crippen LogP contribution in [0.25, 0.3) is 5.57 Å². The lowest BCUT2D eigenvalue weighted by Gasteiger charge is -2.42. The quantitative estimate of drug-likeness (QED) is 0.604. The lowest BCUT2D eigenvalue weighted by atomic mass is 9.62. The van der Waals surface area contributed by atoms with Gasteiger partial charge in [0.1, 0.15) is 0 Å². The molecule has 0 heterocycles. The molecule has 1 N–H and O–H groups in total. The third kappa shape index (κ3) is 3.12. The van der Waals surface area contributed by atoms with Gasteiger partial charge in [0.15, 0.2) is 0 Å². The number of allylic oxidation sites excluding steroid dienone is 1. The maximum atomic E-state index is 11.3. The minimum absolute atomic E-state index is 0.182. The molecule has 0 amide bonds. The van der Waals surface area contributed by atoms with Crippen LogP contribution in [0.2, 0.25) is 0 Å². The Balaban J connectivity index is 1.67. The van der Waals surface area contributed by atoms with Gasteiger partial charge in [-0.25, -0.2) is 4.79 Å². The van der Waals surface area contributed by atoms with E-state index in [0.717, 1.165) is 17.4 Å². The zero-order valence-electron chi connectivity index (χ0n) is 18.6. The molecular formula is C28H32O2. The molecule has 0 radical (unpaired) electrons. The van der Waals surface area contributed by atoms with Gasteiger partial charge in [-0.3, -0.25) is 0 Å². The van der Waals surface area contributed by atoms with Gasteiger partial charge in [0.05, 0.1) is 5.56 Å². The largest absolute Gasteiger partial charge is 0.478 e. The van der Waals surface area contributed by atoms with Crippen LogP contribution in [-0.4, -0.2) is 11.1 Å². The number of carbonyl (C=O) groups is 1. The molecule has 156 valence electrons. The van der Waals surface area contributed by atoms with Gasteiger partial charge in [0.25, 0.3) is 0 Å². The Kier molecular flexibility index (Phi) is 4.29. The molecular weight excluding hydrogens is 368 g/mol. The molecule has 2 aromatic rings. The van der Waals surface area contributed by atoms with Gasteiger partial charge >= 0.3 is 5.97 Å². The van der Waals surface area contributed by atoms with Crippen LogP contribution < -0.4 is 0 Å². The van der Waals surface area contributed by atoms with Crippen LogP contribution in [0.5, 0.6) is 0 Å². The number of carboxylic acids is 1. The number of fused-ring (bicyclic) bond motifs is 2. The Morgan fingerprint density at radius 3 is 2.03 bits per heavy atom. The van der Waals surface area contributed by atoms with Crippen LogP contribution in [0.15, 0.2) is 48.0 Å². The molecule has 0 aliphatic heterocycles. The highest BCUT2D eigenvalue weighted by atomic mass is 16.4. The average Bonchev–Trinajstić information content (AvgIpc) is 3.38. The fraction of sp³-hybridized carbons (Fsp3) is 0.464. The molecule has 0 bridgehead atoms. The Labute approximate surface area is 180 Å². The lowest BCUT2D eigenvalue weighted by Crippen LogP contribution is -2.33. The summed E-state index contributed by atoms with van der Waals surface area (Å²) in [5.41, 5.74) is 9.16. The average molecular weight is 401 g/mol. The lowest BCUT2D eigenvalue weighted by molar-refractivity contribution is 0.0697. The molecule has 0 aromatic heterocycles. The minimum Gasteiger partial charge on any atom is -0.478 e. The first-order valence-corrected chi connectivity index (χ1v) is 11.4. The minimum atomic E-state index is -0.864. The Morgan fingerprint density at radius 2 is 1.47 bits per heavy atom. The monoisotopic (exact) mass is 400 g/mol. The summed E-state index contributed by atoms with van der Waals surface area (Å²) in [6, 6.07) is 14.7. The van der Waals surface area contributed by atoms with E-state index in [0.29, 0.717) is 5.56 Å². The molecule has 2 nitrogen and oxygen atoms in total. The van der Waals surface area contributed by atoms with Crippen molar-refractivity contribution in [2.45, 2.75) is 70.6 Å². The van der Waals surface area contributed by atoms with Crippen molar-refractivity contribution >= 4 is 11.5 Å². The number of hydrogen-bond acceptors (Lipinski definition) is 1. The van der Waals surface area contributed by atoms with Crippen molar-refractivity contribution < 1.29 is 9.90 Å². The SMILES string of the molecule is CC1(C)CCC(C)(C)c2cc(C(=C3CCC4CC34)c3ccc(C(=O)O)cc3)ccc21. The third-order valence-electron chi connectivity index (χ3n) is 8.04. The molecule has 2 atom stereocenters. The van der Waals surface area contributed by atoms with Gasteiger partial charge in [-0.1, -0.05) is 63.6 Å². The third-order valence-corrected chi connectivity index (χ3v) is 8.04. The Morgan fingerprint density at radius 1 is 0.867 bits per heavy atom. The first-order valence-electron chi connectivity index (χ1n) is 11.4. The molecule has 0 saturated heterocycles. The smallest absolute Gasteiger partial charge is 0.335 e. The van der Waals surface area contributed by atoms with Crippen molar-refractivity contribution in [2.75, 3.05) is 0 Å². The van der Waals surface area contributed by atoms with Crippen molar-refractivity contribution in [3.63, 3.8) is 0 Å². The normalized spacial score (nSPS) is 27.2. The summed E-state index contributed by atoms with van der Waals surface area (Å²) >= 11 is 0. The van der Waals surface area contributed by atoms with Crippen molar-refractivity contribution in [3.8, 4) is 0 Å². The molecule has 30 heavy (non-hydrogen) atoms. The van der Waals surface area contributed by atoms with E-state index in [1.54, 1.807) is 17.7 Å². The van der Waals surface area contributed by atoms with Gasteiger partial charge in [-0.15, -0.1) is 0 Å². The molecule has 2 aromatic carbocycles. The van der Waals surface area contributed by atoms with E-state index in [1.165, 1.54) is 54.4 Å². The Bertz CT molecular complexity index is 1050. The van der Waals surface area contributed by atoms with E-state index in [4.69, 9.17) is 0 Å². The highest BCUT2D eigenvalue weighted by Gasteiger charge is 2.46.